The van der Waals surface area contributed by atoms with Gasteiger partial charge in [0.25, 0.3) is 0 Å². The molecular formula is C18H28BF4FeP. The van der Waals surface area contributed by atoms with E-state index in [0.29, 0.717) is 10.3 Å². The first kappa shape index (κ1) is 26.7. The first-order valence-electron chi connectivity index (χ1n) is 7.79. The Hall–Kier alpha value is -0.566. The topological polar surface area (TPSA) is 0 Å². The predicted octanol–water partition coefficient (Wildman–Crippen LogP) is 6.93. The Kier molecular flexibility index (Phi) is 12.0. The van der Waals surface area contributed by atoms with Crippen LogP contribution in [-0.4, -0.2) is 17.6 Å². The smallest absolute Gasteiger partial charge is 0.418 e. The van der Waals surface area contributed by atoms with E-state index in [-0.39, 0.29) is 26.4 Å². The maximum absolute atomic E-state index is 9.75. The monoisotopic (exact) mass is 418 g/mol. The molecule has 0 N–H and O–H groups in total. The van der Waals surface area contributed by atoms with Crippen molar-refractivity contribution < 1.29 is 35.8 Å². The number of rotatable bonds is 1. The fourth-order valence-corrected chi connectivity index (χ4v) is 6.65. The van der Waals surface area contributed by atoms with E-state index in [1.54, 1.807) is 5.30 Å². The number of hydrogen-bond acceptors (Lipinski definition) is 0. The third-order valence-corrected chi connectivity index (χ3v) is 6.30. The van der Waals surface area contributed by atoms with Crippen molar-refractivity contribution in [2.45, 2.75) is 51.9 Å². The van der Waals surface area contributed by atoms with E-state index in [4.69, 9.17) is 0 Å². The average Bonchev–Trinajstić information content (AvgIpc) is 2.97. The molecule has 0 fully saturated rings. The second kappa shape index (κ2) is 11.2. The van der Waals surface area contributed by atoms with Crippen LogP contribution in [0.5, 0.6) is 0 Å². The maximum atomic E-state index is 9.75. The zero-order valence-electron chi connectivity index (χ0n) is 16.6. The van der Waals surface area contributed by atoms with Gasteiger partial charge in [-0.15, -0.1) is 7.92 Å². The van der Waals surface area contributed by atoms with Crippen molar-refractivity contribution in [3.05, 3.63) is 54.6 Å². The van der Waals surface area contributed by atoms with Gasteiger partial charge in [-0.25, -0.2) is 18.2 Å². The molecule has 0 aliphatic carbocycles. The molecular weight excluding hydrogens is 390 g/mol. The molecule has 0 bridgehead atoms. The molecule has 0 amide bonds. The van der Waals surface area contributed by atoms with Gasteiger partial charge in [-0.1, -0.05) is 41.5 Å². The standard InChI is InChI=1S/C13H22P.C5H5.BF4.Fe/c1-12(2,3)14(13(4,5)6)11-9-7-8-10-11;1-2-4-5-3-1;2-1(3,4)5;/h7-10H,1-6H3;1-5H;;/q3*-1;+2/p+1. The van der Waals surface area contributed by atoms with Crippen molar-refractivity contribution in [2.24, 2.45) is 0 Å². The van der Waals surface area contributed by atoms with E-state index in [2.05, 4.69) is 65.8 Å². The second-order valence-corrected chi connectivity index (χ2v) is 11.1. The molecule has 144 valence electrons. The quantitative estimate of drug-likeness (QED) is 0.204. The minimum Gasteiger partial charge on any atom is -0.418 e. The molecule has 0 atom stereocenters. The Labute approximate surface area is 162 Å². The van der Waals surface area contributed by atoms with Gasteiger partial charge in [0.1, 0.15) is 0 Å². The van der Waals surface area contributed by atoms with Crippen LogP contribution in [0.3, 0.4) is 0 Å². The molecule has 0 aliphatic heterocycles. The first-order chi connectivity index (χ1) is 10.7. The third-order valence-electron chi connectivity index (χ3n) is 2.80. The summed E-state index contributed by atoms with van der Waals surface area (Å²) in [7, 11) is -6.10. The predicted molar refractivity (Wildman–Crippen MR) is 101 cm³/mol. The molecule has 0 heterocycles. The van der Waals surface area contributed by atoms with Crippen molar-refractivity contribution >= 4 is 20.5 Å². The van der Waals surface area contributed by atoms with Gasteiger partial charge in [-0.2, -0.15) is 41.7 Å². The Morgan fingerprint density at radius 2 is 1.24 bits per heavy atom. The zero-order chi connectivity index (χ0) is 19.0. The summed E-state index contributed by atoms with van der Waals surface area (Å²) in [6.07, 6.45) is 0. The van der Waals surface area contributed by atoms with Crippen molar-refractivity contribution in [3.63, 3.8) is 0 Å². The van der Waals surface area contributed by atoms with Crippen LogP contribution in [0.25, 0.3) is 0 Å². The molecule has 0 spiro atoms. The molecule has 0 unspecified atom stereocenters. The van der Waals surface area contributed by atoms with Crippen molar-refractivity contribution in [2.75, 3.05) is 0 Å². The van der Waals surface area contributed by atoms with Gasteiger partial charge in [0.05, 0.1) is 0 Å². The van der Waals surface area contributed by atoms with Gasteiger partial charge in [0.2, 0.25) is 0 Å². The van der Waals surface area contributed by atoms with Crippen molar-refractivity contribution in [3.8, 4) is 0 Å². The molecule has 0 nitrogen and oxygen atoms in total. The molecule has 0 saturated heterocycles. The molecule has 0 aliphatic rings. The van der Waals surface area contributed by atoms with Crippen LogP contribution in [0.1, 0.15) is 43.0 Å². The van der Waals surface area contributed by atoms with E-state index in [1.807, 2.05) is 30.3 Å². The second-order valence-electron chi connectivity index (χ2n) is 7.28. The molecule has 2 aromatic rings. The summed E-state index contributed by atoms with van der Waals surface area (Å²) in [5.74, 6) is 0. The third kappa shape index (κ3) is 14.3. The average molecular weight is 418 g/mol. The van der Waals surface area contributed by atoms with E-state index in [9.17, 15) is 17.3 Å². The molecule has 2 aromatic carbocycles. The zero-order valence-corrected chi connectivity index (χ0v) is 17.6. The Morgan fingerprint density at radius 1 is 0.840 bits per heavy atom. The maximum Gasteiger partial charge on any atom is 2.00 e. The van der Waals surface area contributed by atoms with Gasteiger partial charge >= 0.3 is 25.7 Å². The Balaban J connectivity index is -0.000000367. The largest absolute Gasteiger partial charge is 2.00 e. The van der Waals surface area contributed by atoms with E-state index in [1.165, 1.54) is 0 Å². The normalized spacial score (nSPS) is 11.6. The first-order valence-corrected chi connectivity index (χ1v) is 9.13. The van der Waals surface area contributed by atoms with Crippen LogP contribution >= 0.6 is 7.92 Å². The van der Waals surface area contributed by atoms with Crippen LogP contribution in [-0.2, 0) is 17.1 Å². The van der Waals surface area contributed by atoms with Gasteiger partial charge < -0.3 is 17.3 Å². The molecule has 7 heteroatoms. The van der Waals surface area contributed by atoms with Crippen LogP contribution in [0.15, 0.2) is 54.6 Å². The molecule has 0 radical (unpaired) electrons. The SMILES string of the molecule is CC(C)(C)P(c1cc[cH-]c1)C(C)(C)C.F[B-](F)(F)F.[Fe+2].[H+].c1cc[cH-]c1. The van der Waals surface area contributed by atoms with E-state index in [0.717, 1.165) is 0 Å². The number of halogens is 4. The fourth-order valence-electron chi connectivity index (χ4n) is 2.61. The summed E-state index contributed by atoms with van der Waals surface area (Å²) < 4.78 is 39.0. The molecule has 0 aromatic heterocycles. The van der Waals surface area contributed by atoms with Crippen molar-refractivity contribution in [1.29, 1.82) is 0 Å². The summed E-state index contributed by atoms with van der Waals surface area (Å²) in [6, 6.07) is 18.9. The van der Waals surface area contributed by atoms with Crippen LogP contribution < -0.4 is 5.30 Å². The minimum absolute atomic E-state index is 0. The summed E-state index contributed by atoms with van der Waals surface area (Å²) in [6.45, 7) is 14.1. The fraction of sp³-hybridized carbons (Fsp3) is 0.444. The van der Waals surface area contributed by atoms with Gasteiger partial charge in [0.15, 0.2) is 0 Å². The van der Waals surface area contributed by atoms with Crippen LogP contribution in [0, 0.1) is 0 Å². The molecule has 0 saturated carbocycles. The van der Waals surface area contributed by atoms with Crippen LogP contribution in [0.2, 0.25) is 0 Å². The Bertz CT molecular complexity index is 492. The molecule has 2 rings (SSSR count). The van der Waals surface area contributed by atoms with E-state index < -0.39 is 7.25 Å². The van der Waals surface area contributed by atoms with Crippen LogP contribution in [0.4, 0.5) is 17.3 Å². The van der Waals surface area contributed by atoms with Gasteiger partial charge in [-0.3, -0.25) is 0 Å². The van der Waals surface area contributed by atoms with Crippen molar-refractivity contribution in [1.82, 2.24) is 0 Å². The molecule has 25 heavy (non-hydrogen) atoms. The Morgan fingerprint density at radius 3 is 1.44 bits per heavy atom. The van der Waals surface area contributed by atoms with E-state index >= 15 is 0 Å². The van der Waals surface area contributed by atoms with Gasteiger partial charge in [0, 0.05) is 0 Å². The summed E-state index contributed by atoms with van der Waals surface area (Å²) in [5.41, 5.74) is 0. The minimum atomic E-state index is -6.00. The summed E-state index contributed by atoms with van der Waals surface area (Å²) in [4.78, 5) is 0. The van der Waals surface area contributed by atoms with Gasteiger partial charge in [-0.05, 0) is 10.3 Å². The summed E-state index contributed by atoms with van der Waals surface area (Å²) >= 11 is 0. The number of hydrogen-bond donors (Lipinski definition) is 0. The summed E-state index contributed by atoms with van der Waals surface area (Å²) in [5, 5.41) is 2.32.